The van der Waals surface area contributed by atoms with E-state index in [0.717, 1.165) is 67.0 Å². The highest BCUT2D eigenvalue weighted by Gasteiger charge is 2.25. The van der Waals surface area contributed by atoms with Crippen molar-refractivity contribution < 1.29 is 4.42 Å². The second-order valence-corrected chi connectivity index (χ2v) is 14.6. The van der Waals surface area contributed by atoms with Gasteiger partial charge in [0.15, 0.2) is 5.58 Å². The molecular weight excluding hydrogens is 688 g/mol. The summed E-state index contributed by atoms with van der Waals surface area (Å²) in [5.74, 6) is 0. The zero-order chi connectivity index (χ0) is 35.3. The predicted molar refractivity (Wildman–Crippen MR) is 226 cm³/mol. The summed E-state index contributed by atoms with van der Waals surface area (Å²) in [6.07, 6.45) is 0. The third kappa shape index (κ3) is 5.51. The van der Waals surface area contributed by atoms with Crippen LogP contribution in [0.25, 0.3) is 53.2 Å². The minimum absolute atomic E-state index is 0.687. The van der Waals surface area contributed by atoms with E-state index in [4.69, 9.17) is 16.0 Å². The Balaban J connectivity index is 1.29. The maximum Gasteiger partial charge on any atom is 0.159 e. The van der Waals surface area contributed by atoms with Crippen LogP contribution in [-0.2, 0) is 0 Å². The van der Waals surface area contributed by atoms with Crippen LogP contribution in [0.3, 0.4) is 0 Å². The Morgan fingerprint density at radius 1 is 0.415 bits per heavy atom. The molecule has 0 radical (unpaired) electrons. The van der Waals surface area contributed by atoms with Crippen molar-refractivity contribution in [3.8, 4) is 11.1 Å². The summed E-state index contributed by atoms with van der Waals surface area (Å²) in [5.41, 5.74) is 10.0. The predicted octanol–water partition coefficient (Wildman–Crippen LogP) is 15.2. The van der Waals surface area contributed by atoms with E-state index in [1.165, 1.54) is 20.3 Å². The average Bonchev–Trinajstić information content (AvgIpc) is 3.78. The van der Waals surface area contributed by atoms with Crippen molar-refractivity contribution in [1.82, 2.24) is 0 Å². The van der Waals surface area contributed by atoms with Crippen molar-refractivity contribution in [3.05, 3.63) is 193 Å². The van der Waals surface area contributed by atoms with Gasteiger partial charge in [-0.3, -0.25) is 0 Å². The molecule has 0 unspecified atom stereocenters. The first kappa shape index (κ1) is 31.4. The smallest absolute Gasteiger partial charge is 0.159 e. The van der Waals surface area contributed by atoms with Gasteiger partial charge in [-0.2, -0.15) is 0 Å². The first-order chi connectivity index (χ1) is 26.2. The number of furan rings is 1. The third-order valence-corrected chi connectivity index (χ3v) is 11.3. The molecule has 0 fully saturated rings. The average molecular weight is 719 g/mol. The molecule has 0 saturated heterocycles. The van der Waals surface area contributed by atoms with Crippen LogP contribution in [0, 0.1) is 0 Å². The van der Waals surface area contributed by atoms with Crippen LogP contribution in [-0.4, -0.2) is 0 Å². The van der Waals surface area contributed by atoms with Crippen molar-refractivity contribution >= 4 is 99.2 Å². The Morgan fingerprint density at radius 2 is 0.981 bits per heavy atom. The van der Waals surface area contributed by atoms with Gasteiger partial charge in [0.05, 0.1) is 16.1 Å². The van der Waals surface area contributed by atoms with Crippen molar-refractivity contribution in [2.24, 2.45) is 0 Å². The maximum absolute atomic E-state index is 7.06. The van der Waals surface area contributed by atoms with Crippen LogP contribution >= 0.6 is 22.9 Å². The summed E-state index contributed by atoms with van der Waals surface area (Å²) in [7, 11) is 0. The number of halogens is 1. The van der Waals surface area contributed by atoms with Crippen molar-refractivity contribution in [3.63, 3.8) is 0 Å². The van der Waals surface area contributed by atoms with Crippen LogP contribution in [0.15, 0.2) is 192 Å². The van der Waals surface area contributed by atoms with Crippen LogP contribution in [0.2, 0.25) is 5.02 Å². The molecular formula is C48H31ClN2OS. The minimum Gasteiger partial charge on any atom is -0.454 e. The van der Waals surface area contributed by atoms with Gasteiger partial charge in [0.2, 0.25) is 0 Å². The highest BCUT2D eigenvalue weighted by Crippen LogP contribution is 2.50. The molecule has 0 aliphatic heterocycles. The van der Waals surface area contributed by atoms with Gasteiger partial charge in [-0.25, -0.2) is 0 Å². The molecule has 0 atom stereocenters. The lowest BCUT2D eigenvalue weighted by Crippen LogP contribution is -2.13. The molecule has 0 aliphatic rings. The van der Waals surface area contributed by atoms with Gasteiger partial charge >= 0.3 is 0 Å². The van der Waals surface area contributed by atoms with E-state index >= 15 is 0 Å². The van der Waals surface area contributed by atoms with Gasteiger partial charge in [-0.15, -0.1) is 11.3 Å². The van der Waals surface area contributed by atoms with Crippen LogP contribution in [0.1, 0.15) is 0 Å². The molecule has 3 nitrogen and oxygen atoms in total. The fraction of sp³-hybridized carbons (Fsp3) is 0. The van der Waals surface area contributed by atoms with E-state index in [9.17, 15) is 0 Å². The number of hydrogen-bond donors (Lipinski definition) is 0. The Labute approximate surface area is 316 Å². The minimum atomic E-state index is 0.687. The number of anilines is 6. The molecule has 0 N–H and O–H groups in total. The molecule has 10 aromatic rings. The Kier molecular flexibility index (Phi) is 7.71. The lowest BCUT2D eigenvalue weighted by molar-refractivity contribution is 0.669. The molecule has 8 aromatic carbocycles. The van der Waals surface area contributed by atoms with Crippen molar-refractivity contribution in [2.45, 2.75) is 0 Å². The zero-order valence-electron chi connectivity index (χ0n) is 28.5. The molecule has 2 heterocycles. The van der Waals surface area contributed by atoms with E-state index in [0.29, 0.717) is 5.02 Å². The second-order valence-electron chi connectivity index (χ2n) is 13.1. The van der Waals surface area contributed by atoms with Gasteiger partial charge in [-0.05, 0) is 83.9 Å². The van der Waals surface area contributed by atoms with Gasteiger partial charge in [0.25, 0.3) is 0 Å². The van der Waals surface area contributed by atoms with Gasteiger partial charge in [-0.1, -0.05) is 127 Å². The Bertz CT molecular complexity index is 2860. The largest absolute Gasteiger partial charge is 0.454 e. The third-order valence-electron chi connectivity index (χ3n) is 9.87. The molecule has 0 aliphatic carbocycles. The van der Waals surface area contributed by atoms with E-state index in [-0.39, 0.29) is 0 Å². The first-order valence-electron chi connectivity index (χ1n) is 17.6. The number of fused-ring (bicyclic) bond motifs is 6. The SMILES string of the molecule is Clc1cc(N(c2ccc(-c3ccccc3)cc2)c2cc(N(c3ccccc3)c3ccccc3)c3oc4ccccc4c3c2)c2sc3ccccc3c2c1. The maximum atomic E-state index is 7.06. The zero-order valence-corrected chi connectivity index (χ0v) is 30.1. The van der Waals surface area contributed by atoms with Gasteiger partial charge in [0, 0.05) is 54.0 Å². The Morgan fingerprint density at radius 3 is 1.70 bits per heavy atom. The molecule has 252 valence electrons. The fourth-order valence-corrected chi connectivity index (χ4v) is 8.87. The summed E-state index contributed by atoms with van der Waals surface area (Å²) < 4.78 is 9.16. The summed E-state index contributed by atoms with van der Waals surface area (Å²) >= 11 is 8.86. The van der Waals surface area contributed by atoms with E-state index < -0.39 is 0 Å². The number of para-hydroxylation sites is 3. The topological polar surface area (TPSA) is 19.6 Å². The van der Waals surface area contributed by atoms with E-state index in [2.05, 4.69) is 186 Å². The quantitative estimate of drug-likeness (QED) is 0.164. The molecule has 0 amide bonds. The normalized spacial score (nSPS) is 11.5. The molecule has 0 spiro atoms. The molecule has 53 heavy (non-hydrogen) atoms. The lowest BCUT2D eigenvalue weighted by Gasteiger charge is -2.30. The summed E-state index contributed by atoms with van der Waals surface area (Å²) in [4.78, 5) is 4.65. The van der Waals surface area contributed by atoms with Crippen molar-refractivity contribution in [1.29, 1.82) is 0 Å². The van der Waals surface area contributed by atoms with Crippen LogP contribution in [0.4, 0.5) is 34.1 Å². The van der Waals surface area contributed by atoms with Gasteiger partial charge < -0.3 is 14.2 Å². The first-order valence-corrected chi connectivity index (χ1v) is 18.8. The molecule has 5 heteroatoms. The van der Waals surface area contributed by atoms with Crippen LogP contribution in [0.5, 0.6) is 0 Å². The number of nitrogens with zero attached hydrogens (tertiary/aromatic N) is 2. The standard InChI is InChI=1S/C48H31ClN2OS/c49-34-28-42-40-21-11-13-23-46(40)53-48(42)44(29-34)51(37-26-24-33(25-27-37)32-14-4-1-5-15-32)38-30-41-39-20-10-12-22-45(39)52-47(41)43(31-38)50(35-16-6-2-7-17-35)36-18-8-3-9-19-36/h1-31H. The molecule has 10 rings (SSSR count). The van der Waals surface area contributed by atoms with Crippen molar-refractivity contribution in [2.75, 3.05) is 9.80 Å². The van der Waals surface area contributed by atoms with E-state index in [1.807, 2.05) is 12.1 Å². The summed E-state index contributed by atoms with van der Waals surface area (Å²) in [6.45, 7) is 0. The Hall–Kier alpha value is -6.33. The van der Waals surface area contributed by atoms with E-state index in [1.54, 1.807) is 11.3 Å². The van der Waals surface area contributed by atoms with Gasteiger partial charge in [0.1, 0.15) is 5.58 Å². The number of rotatable bonds is 7. The molecule has 0 bridgehead atoms. The molecule has 2 aromatic heterocycles. The number of benzene rings is 8. The summed E-state index contributed by atoms with van der Waals surface area (Å²) in [5, 5.41) is 5.12. The lowest BCUT2D eigenvalue weighted by atomic mass is 10.0. The molecule has 0 saturated carbocycles. The number of thiophene rings is 1. The number of hydrogen-bond acceptors (Lipinski definition) is 4. The second kappa shape index (κ2) is 13.0. The highest BCUT2D eigenvalue weighted by molar-refractivity contribution is 7.26. The monoisotopic (exact) mass is 718 g/mol. The summed E-state index contributed by atoms with van der Waals surface area (Å²) in [6, 6.07) is 66.0. The van der Waals surface area contributed by atoms with Crippen LogP contribution < -0.4 is 9.80 Å². The fourth-order valence-electron chi connectivity index (χ4n) is 7.47. The highest BCUT2D eigenvalue weighted by atomic mass is 35.5.